The Kier molecular flexibility index (Phi) is 7.16. The van der Waals surface area contributed by atoms with Crippen molar-refractivity contribution in [3.8, 4) is 23.5 Å². The van der Waals surface area contributed by atoms with Gasteiger partial charge in [-0.15, -0.1) is 12.3 Å². The Balaban J connectivity index is 1.37. The molecule has 0 saturated carbocycles. The number of nitrogens with one attached hydrogen (secondary N) is 1. The zero-order chi connectivity index (χ0) is 24.7. The summed E-state index contributed by atoms with van der Waals surface area (Å²) in [6.45, 7) is 0.705. The van der Waals surface area contributed by atoms with Crippen LogP contribution in [0.25, 0.3) is 22.2 Å². The molecule has 5 aromatic rings. The second-order valence-corrected chi connectivity index (χ2v) is 9.28. The number of imidazole rings is 1. The highest BCUT2D eigenvalue weighted by Gasteiger charge is 2.14. The fourth-order valence-corrected chi connectivity index (χ4v) is 4.84. The van der Waals surface area contributed by atoms with Gasteiger partial charge in [-0.1, -0.05) is 72.8 Å². The Bertz CT molecular complexity index is 1530. The van der Waals surface area contributed by atoms with E-state index in [0.29, 0.717) is 18.5 Å². The van der Waals surface area contributed by atoms with E-state index in [2.05, 4.69) is 45.5 Å². The lowest BCUT2D eigenvalue weighted by Gasteiger charge is -2.12. The predicted molar refractivity (Wildman–Crippen MR) is 148 cm³/mol. The van der Waals surface area contributed by atoms with Gasteiger partial charge < -0.3 is 4.57 Å². The van der Waals surface area contributed by atoms with Gasteiger partial charge >= 0.3 is 0 Å². The molecule has 1 amide bonds. The van der Waals surface area contributed by atoms with E-state index in [1.54, 1.807) is 0 Å². The van der Waals surface area contributed by atoms with Crippen LogP contribution < -0.4 is 4.72 Å². The minimum Gasteiger partial charge on any atom is -0.323 e. The lowest BCUT2D eigenvalue weighted by atomic mass is 9.98. The number of carbonyl (C=O) groups excluding carboxylic acids is 1. The van der Waals surface area contributed by atoms with Crippen molar-refractivity contribution >= 4 is 28.9 Å². The molecule has 5 heteroatoms. The van der Waals surface area contributed by atoms with Crippen molar-refractivity contribution in [3.05, 3.63) is 120 Å². The second kappa shape index (κ2) is 11.0. The first-order valence-corrected chi connectivity index (χ1v) is 12.6. The third kappa shape index (κ3) is 5.19. The molecule has 0 saturated heterocycles. The van der Waals surface area contributed by atoms with Crippen LogP contribution in [0.2, 0.25) is 0 Å². The van der Waals surface area contributed by atoms with Crippen molar-refractivity contribution in [1.82, 2.24) is 14.3 Å². The topological polar surface area (TPSA) is 46.9 Å². The molecule has 1 aromatic heterocycles. The van der Waals surface area contributed by atoms with Crippen molar-refractivity contribution < 1.29 is 4.79 Å². The van der Waals surface area contributed by atoms with Crippen LogP contribution in [-0.2, 0) is 13.0 Å². The number of amides is 1. The molecule has 4 nitrogen and oxygen atoms in total. The molecule has 176 valence electrons. The van der Waals surface area contributed by atoms with Crippen LogP contribution in [0.15, 0.2) is 108 Å². The van der Waals surface area contributed by atoms with Gasteiger partial charge in [-0.05, 0) is 59.0 Å². The molecule has 0 aliphatic rings. The molecule has 0 aliphatic carbocycles. The van der Waals surface area contributed by atoms with Crippen LogP contribution in [0.3, 0.4) is 0 Å². The highest BCUT2D eigenvalue weighted by molar-refractivity contribution is 7.98. The first-order valence-electron chi connectivity index (χ1n) is 11.8. The lowest BCUT2D eigenvalue weighted by Crippen LogP contribution is -2.16. The molecule has 0 radical (unpaired) electrons. The van der Waals surface area contributed by atoms with Crippen LogP contribution in [0, 0.1) is 12.3 Å². The van der Waals surface area contributed by atoms with E-state index in [1.165, 1.54) is 11.9 Å². The molecule has 0 unspecified atom stereocenters. The minimum atomic E-state index is -0.119. The fourth-order valence-electron chi connectivity index (χ4n) is 4.23. The monoisotopic (exact) mass is 487 g/mol. The van der Waals surface area contributed by atoms with Gasteiger partial charge in [0.1, 0.15) is 5.82 Å². The fraction of sp³-hybridized carbons (Fsp3) is 0.0968. The van der Waals surface area contributed by atoms with E-state index in [1.807, 2.05) is 72.8 Å². The third-order valence-electron chi connectivity index (χ3n) is 6.01. The van der Waals surface area contributed by atoms with Gasteiger partial charge in [-0.25, -0.2) is 4.98 Å². The summed E-state index contributed by atoms with van der Waals surface area (Å²) in [5.41, 5.74) is 5.78. The number of carbonyl (C=O) groups is 1. The van der Waals surface area contributed by atoms with Crippen LogP contribution in [-0.4, -0.2) is 15.5 Å². The van der Waals surface area contributed by atoms with Crippen LogP contribution >= 0.6 is 11.9 Å². The Morgan fingerprint density at radius 3 is 2.42 bits per heavy atom. The van der Waals surface area contributed by atoms with E-state index >= 15 is 0 Å². The lowest BCUT2D eigenvalue weighted by molar-refractivity contribution is 0.0985. The molecule has 36 heavy (non-hydrogen) atoms. The zero-order valence-corrected chi connectivity index (χ0v) is 20.5. The van der Waals surface area contributed by atoms with Gasteiger partial charge in [0.2, 0.25) is 0 Å². The quantitative estimate of drug-likeness (QED) is 0.194. The van der Waals surface area contributed by atoms with Gasteiger partial charge in [-0.3, -0.25) is 9.52 Å². The van der Waals surface area contributed by atoms with E-state index in [-0.39, 0.29) is 5.91 Å². The standard InChI is InChI=1S/C31H25N3OS/c1-2-3-17-30-32-28-15-9-10-16-29(28)34(30)22-23-18-20-24(21-19-23)26-13-7-8-14-27(26)31(35)33-36-25-11-5-4-6-12-25/h1,4-16,18-21H,3,17,22H2,(H,33,35). The van der Waals surface area contributed by atoms with Gasteiger partial charge in [-0.2, -0.15) is 0 Å². The maximum absolute atomic E-state index is 13.0. The first-order chi connectivity index (χ1) is 17.7. The summed E-state index contributed by atoms with van der Waals surface area (Å²) in [6, 6.07) is 34.0. The molecule has 0 bridgehead atoms. The molecule has 0 fully saturated rings. The summed E-state index contributed by atoms with van der Waals surface area (Å²) < 4.78 is 5.20. The number of para-hydroxylation sites is 2. The highest BCUT2D eigenvalue weighted by atomic mass is 32.2. The summed E-state index contributed by atoms with van der Waals surface area (Å²) in [6.07, 6.45) is 6.91. The summed E-state index contributed by atoms with van der Waals surface area (Å²) in [5, 5.41) is 0. The largest absolute Gasteiger partial charge is 0.323 e. The number of aryl methyl sites for hydroxylation is 1. The van der Waals surface area contributed by atoms with Gasteiger partial charge in [0.05, 0.1) is 11.0 Å². The van der Waals surface area contributed by atoms with E-state index in [4.69, 9.17) is 11.4 Å². The number of nitrogens with zero attached hydrogens (tertiary/aromatic N) is 2. The Morgan fingerprint density at radius 1 is 0.889 bits per heavy atom. The van der Waals surface area contributed by atoms with Gasteiger partial charge in [0, 0.05) is 29.8 Å². The summed E-state index contributed by atoms with van der Waals surface area (Å²) in [7, 11) is 0. The molecule has 0 atom stereocenters. The third-order valence-corrected chi connectivity index (χ3v) is 6.80. The molecule has 1 heterocycles. The normalized spacial score (nSPS) is 10.8. The SMILES string of the molecule is C#CCCc1nc2ccccc2n1Cc1ccc(-c2ccccc2C(=O)NSc2ccccc2)cc1. The van der Waals surface area contributed by atoms with Crippen molar-refractivity contribution in [2.75, 3.05) is 0 Å². The Morgan fingerprint density at radius 2 is 1.61 bits per heavy atom. The number of rotatable bonds is 8. The number of benzene rings is 4. The maximum atomic E-state index is 13.0. The first kappa shape index (κ1) is 23.5. The van der Waals surface area contributed by atoms with Crippen LogP contribution in [0.5, 0.6) is 0 Å². The number of terminal acetylenes is 1. The maximum Gasteiger partial charge on any atom is 0.261 e. The predicted octanol–water partition coefficient (Wildman–Crippen LogP) is 6.75. The van der Waals surface area contributed by atoms with Crippen LogP contribution in [0.4, 0.5) is 0 Å². The molecular weight excluding hydrogens is 462 g/mol. The zero-order valence-electron chi connectivity index (χ0n) is 19.7. The van der Waals surface area contributed by atoms with Gasteiger partial charge in [0.15, 0.2) is 0 Å². The highest BCUT2D eigenvalue weighted by Crippen LogP contribution is 2.26. The van der Waals surface area contributed by atoms with Crippen LogP contribution in [0.1, 0.15) is 28.2 Å². The number of fused-ring (bicyclic) bond motifs is 1. The number of hydrogen-bond donors (Lipinski definition) is 1. The average molecular weight is 488 g/mol. The van der Waals surface area contributed by atoms with E-state index in [0.717, 1.165) is 44.9 Å². The summed E-state index contributed by atoms with van der Waals surface area (Å²) in [4.78, 5) is 18.8. The average Bonchev–Trinajstić information content (AvgIpc) is 3.28. The summed E-state index contributed by atoms with van der Waals surface area (Å²) >= 11 is 1.32. The number of aromatic nitrogens is 2. The summed E-state index contributed by atoms with van der Waals surface area (Å²) in [5.74, 6) is 3.60. The molecule has 5 rings (SSSR count). The van der Waals surface area contributed by atoms with Crippen molar-refractivity contribution in [3.63, 3.8) is 0 Å². The Labute approximate surface area is 215 Å². The molecular formula is C31H25N3OS. The van der Waals surface area contributed by atoms with Crippen molar-refractivity contribution in [1.29, 1.82) is 0 Å². The minimum absolute atomic E-state index is 0.119. The molecule has 4 aromatic carbocycles. The molecule has 0 spiro atoms. The van der Waals surface area contributed by atoms with Gasteiger partial charge in [0.25, 0.3) is 5.91 Å². The van der Waals surface area contributed by atoms with E-state index in [9.17, 15) is 4.79 Å². The second-order valence-electron chi connectivity index (χ2n) is 8.40. The number of hydrogen-bond acceptors (Lipinski definition) is 3. The Hall–Kier alpha value is -4.27. The van der Waals surface area contributed by atoms with Crippen molar-refractivity contribution in [2.45, 2.75) is 24.3 Å². The molecule has 1 N–H and O–H groups in total. The van der Waals surface area contributed by atoms with E-state index < -0.39 is 0 Å². The molecule has 0 aliphatic heterocycles. The van der Waals surface area contributed by atoms with Crippen molar-refractivity contribution in [2.24, 2.45) is 0 Å². The smallest absolute Gasteiger partial charge is 0.261 e.